The van der Waals surface area contributed by atoms with Crippen molar-refractivity contribution < 1.29 is 19.8 Å². The van der Waals surface area contributed by atoms with Crippen LogP contribution in [-0.2, 0) is 9.59 Å². The first kappa shape index (κ1) is 14.9. The van der Waals surface area contributed by atoms with Crippen molar-refractivity contribution in [2.24, 2.45) is 17.6 Å². The maximum atomic E-state index is 11.7. The average Bonchev–Trinajstić information content (AvgIpc) is 2.13. The normalized spacial score (nSPS) is 16.6. The van der Waals surface area contributed by atoms with Gasteiger partial charge in [-0.3, -0.25) is 4.79 Å². The summed E-state index contributed by atoms with van der Waals surface area (Å²) >= 11 is 0. The summed E-state index contributed by atoms with van der Waals surface area (Å²) in [7, 11) is 0. The van der Waals surface area contributed by atoms with Gasteiger partial charge in [0.1, 0.15) is 0 Å². The van der Waals surface area contributed by atoms with Gasteiger partial charge in [-0.05, 0) is 12.8 Å². The molecule has 6 heteroatoms. The Morgan fingerprint density at radius 3 is 2.06 bits per heavy atom. The van der Waals surface area contributed by atoms with Crippen molar-refractivity contribution in [3.8, 4) is 0 Å². The van der Waals surface area contributed by atoms with E-state index < -0.39 is 29.9 Å². The minimum absolute atomic E-state index is 0.0217. The number of hydrogen-bond acceptors (Lipinski definition) is 4. The van der Waals surface area contributed by atoms with Crippen LogP contribution in [-0.4, -0.2) is 40.8 Å². The zero-order valence-electron chi connectivity index (χ0n) is 9.80. The van der Waals surface area contributed by atoms with Gasteiger partial charge in [-0.2, -0.15) is 0 Å². The van der Waals surface area contributed by atoms with Gasteiger partial charge in [0, 0.05) is 6.54 Å². The van der Waals surface area contributed by atoms with Crippen LogP contribution in [0.2, 0.25) is 0 Å². The highest BCUT2D eigenvalue weighted by Crippen LogP contribution is 2.09. The number of nitrogens with one attached hydrogen (secondary N) is 1. The Balaban J connectivity index is 4.56. The van der Waals surface area contributed by atoms with Crippen LogP contribution in [0.4, 0.5) is 0 Å². The second-order valence-corrected chi connectivity index (χ2v) is 4.15. The summed E-state index contributed by atoms with van der Waals surface area (Å²) in [5.41, 5.74) is 5.43. The van der Waals surface area contributed by atoms with Crippen LogP contribution in [0, 0.1) is 11.8 Å². The van der Waals surface area contributed by atoms with E-state index in [-0.39, 0.29) is 12.5 Å². The van der Waals surface area contributed by atoms with Gasteiger partial charge < -0.3 is 21.3 Å². The Kier molecular flexibility index (Phi) is 5.98. The Morgan fingerprint density at radius 1 is 1.31 bits per heavy atom. The van der Waals surface area contributed by atoms with Gasteiger partial charge in [0.2, 0.25) is 5.91 Å². The number of carboxylic acids is 1. The van der Waals surface area contributed by atoms with Gasteiger partial charge >= 0.3 is 5.97 Å². The molecule has 0 bridgehead atoms. The van der Waals surface area contributed by atoms with E-state index in [9.17, 15) is 14.7 Å². The van der Waals surface area contributed by atoms with E-state index in [4.69, 9.17) is 10.8 Å². The van der Waals surface area contributed by atoms with Crippen LogP contribution in [0.5, 0.6) is 0 Å². The van der Waals surface area contributed by atoms with E-state index in [1.54, 1.807) is 0 Å². The number of nitrogens with two attached hydrogens (primary N) is 1. The highest BCUT2D eigenvalue weighted by atomic mass is 16.4. The molecule has 0 aromatic heterocycles. The molecular formula is C10H20N2O4. The third-order valence-corrected chi connectivity index (χ3v) is 2.44. The first-order valence-electron chi connectivity index (χ1n) is 5.22. The average molecular weight is 232 g/mol. The van der Waals surface area contributed by atoms with Gasteiger partial charge in [0.25, 0.3) is 0 Å². The number of rotatable bonds is 6. The zero-order valence-corrected chi connectivity index (χ0v) is 9.80. The molecule has 0 aliphatic carbocycles. The predicted molar refractivity (Wildman–Crippen MR) is 58.6 cm³/mol. The molecule has 0 radical (unpaired) electrons. The molecule has 0 aromatic rings. The van der Waals surface area contributed by atoms with E-state index in [1.165, 1.54) is 6.92 Å². The Hall–Kier alpha value is -1.14. The van der Waals surface area contributed by atoms with Crippen molar-refractivity contribution in [1.29, 1.82) is 0 Å². The molecule has 94 valence electrons. The van der Waals surface area contributed by atoms with Gasteiger partial charge in [0.05, 0.1) is 12.0 Å². The molecule has 1 amide bonds. The van der Waals surface area contributed by atoms with Gasteiger partial charge in [0.15, 0.2) is 6.04 Å². The van der Waals surface area contributed by atoms with Crippen LogP contribution < -0.4 is 11.1 Å². The summed E-state index contributed by atoms with van der Waals surface area (Å²) < 4.78 is 0. The molecule has 6 nitrogen and oxygen atoms in total. The number of aliphatic hydroxyl groups excluding tert-OH is 1. The lowest BCUT2D eigenvalue weighted by atomic mass is 9.94. The van der Waals surface area contributed by atoms with Crippen molar-refractivity contribution in [3.63, 3.8) is 0 Å². The van der Waals surface area contributed by atoms with Crippen molar-refractivity contribution in [2.45, 2.75) is 32.9 Å². The summed E-state index contributed by atoms with van der Waals surface area (Å²) in [5.74, 6) is -2.12. The standard InChI is InChI=1S/C10H20N2O4/c1-5(2)7(4-11)9(14)12-8(6(3)13)10(15)16/h5-8,13H,4,11H2,1-3H3,(H,12,14)(H,15,16). The molecule has 0 aliphatic heterocycles. The number of carboxylic acid groups (broad SMARTS) is 1. The van der Waals surface area contributed by atoms with Gasteiger partial charge in [-0.25, -0.2) is 4.79 Å². The maximum absolute atomic E-state index is 11.7. The minimum Gasteiger partial charge on any atom is -0.480 e. The first-order valence-corrected chi connectivity index (χ1v) is 5.22. The Labute approximate surface area is 94.8 Å². The number of amides is 1. The van der Waals surface area contributed by atoms with Crippen molar-refractivity contribution in [1.82, 2.24) is 5.32 Å². The van der Waals surface area contributed by atoms with Crippen LogP contribution in [0.15, 0.2) is 0 Å². The van der Waals surface area contributed by atoms with E-state index >= 15 is 0 Å². The van der Waals surface area contributed by atoms with Crippen LogP contribution in [0.3, 0.4) is 0 Å². The molecule has 0 heterocycles. The second kappa shape index (κ2) is 6.44. The summed E-state index contributed by atoms with van der Waals surface area (Å²) in [6.45, 7) is 5.12. The number of carbonyl (C=O) groups excluding carboxylic acids is 1. The lowest BCUT2D eigenvalue weighted by Gasteiger charge is -2.22. The maximum Gasteiger partial charge on any atom is 0.328 e. The molecule has 3 atom stereocenters. The highest BCUT2D eigenvalue weighted by molar-refractivity contribution is 5.85. The molecule has 0 aromatic carbocycles. The van der Waals surface area contributed by atoms with Crippen LogP contribution >= 0.6 is 0 Å². The van der Waals surface area contributed by atoms with Gasteiger partial charge in [-0.1, -0.05) is 13.8 Å². The quantitative estimate of drug-likeness (QED) is 0.477. The van der Waals surface area contributed by atoms with E-state index in [0.717, 1.165) is 0 Å². The van der Waals surface area contributed by atoms with Crippen molar-refractivity contribution in [3.05, 3.63) is 0 Å². The number of aliphatic hydroxyl groups is 1. The molecular weight excluding hydrogens is 212 g/mol. The summed E-state index contributed by atoms with van der Waals surface area (Å²) in [5, 5.41) is 20.3. The predicted octanol–water partition coefficient (Wildman–Crippen LogP) is -0.832. The van der Waals surface area contributed by atoms with Crippen LogP contribution in [0.1, 0.15) is 20.8 Å². The number of hydrogen-bond donors (Lipinski definition) is 4. The zero-order chi connectivity index (χ0) is 12.9. The number of aliphatic carboxylic acids is 1. The van der Waals surface area contributed by atoms with Gasteiger partial charge in [-0.15, -0.1) is 0 Å². The summed E-state index contributed by atoms with van der Waals surface area (Å²) in [6.07, 6.45) is -1.15. The fourth-order valence-corrected chi connectivity index (χ4v) is 1.33. The van der Waals surface area contributed by atoms with E-state index in [0.29, 0.717) is 0 Å². The Morgan fingerprint density at radius 2 is 1.81 bits per heavy atom. The molecule has 16 heavy (non-hydrogen) atoms. The topological polar surface area (TPSA) is 113 Å². The third-order valence-electron chi connectivity index (χ3n) is 2.44. The molecule has 5 N–H and O–H groups in total. The second-order valence-electron chi connectivity index (χ2n) is 4.15. The lowest BCUT2D eigenvalue weighted by molar-refractivity contribution is -0.145. The fourth-order valence-electron chi connectivity index (χ4n) is 1.33. The summed E-state index contributed by atoms with van der Waals surface area (Å²) in [4.78, 5) is 22.4. The van der Waals surface area contributed by atoms with E-state index in [2.05, 4.69) is 5.32 Å². The molecule has 0 fully saturated rings. The molecule has 0 aliphatic rings. The fraction of sp³-hybridized carbons (Fsp3) is 0.800. The first-order chi connectivity index (χ1) is 7.31. The highest BCUT2D eigenvalue weighted by Gasteiger charge is 2.29. The monoisotopic (exact) mass is 232 g/mol. The molecule has 3 unspecified atom stereocenters. The molecule has 0 saturated carbocycles. The molecule has 0 rings (SSSR count). The third kappa shape index (κ3) is 4.16. The lowest BCUT2D eigenvalue weighted by Crippen LogP contribution is -2.51. The smallest absolute Gasteiger partial charge is 0.328 e. The largest absolute Gasteiger partial charge is 0.480 e. The summed E-state index contributed by atoms with van der Waals surface area (Å²) in [6, 6.07) is -1.29. The van der Waals surface area contributed by atoms with E-state index in [1.807, 2.05) is 13.8 Å². The van der Waals surface area contributed by atoms with Crippen LogP contribution in [0.25, 0.3) is 0 Å². The Bertz CT molecular complexity index is 253. The SMILES string of the molecule is CC(C)C(CN)C(=O)NC(C(=O)O)C(C)O. The molecule has 0 spiro atoms. The molecule has 0 saturated heterocycles. The van der Waals surface area contributed by atoms with Crippen molar-refractivity contribution >= 4 is 11.9 Å². The van der Waals surface area contributed by atoms with Crippen molar-refractivity contribution in [2.75, 3.05) is 6.54 Å². The minimum atomic E-state index is -1.29. The number of carbonyl (C=O) groups is 2.